The highest BCUT2D eigenvalue weighted by molar-refractivity contribution is 5.87. The Morgan fingerprint density at radius 3 is 2.52 bits per heavy atom. The average molecular weight is 448 g/mol. The molecule has 0 aliphatic carbocycles. The van der Waals surface area contributed by atoms with Gasteiger partial charge in [0.05, 0.1) is 23.1 Å². The molecule has 0 radical (unpaired) electrons. The Morgan fingerprint density at radius 2 is 1.85 bits per heavy atom. The zero-order chi connectivity index (χ0) is 22.4. The first-order valence-corrected chi connectivity index (χ1v) is 10.9. The molecule has 2 aliphatic rings. The Hall–Kier alpha value is -3.64. The number of nitrogens with two attached hydrogens (primary N) is 2. The van der Waals surface area contributed by atoms with E-state index in [1.54, 1.807) is 0 Å². The molecule has 0 saturated carbocycles. The second-order valence-electron chi connectivity index (χ2n) is 8.62. The van der Waals surface area contributed by atoms with Crippen molar-refractivity contribution in [1.29, 1.82) is 5.26 Å². The van der Waals surface area contributed by atoms with Gasteiger partial charge in [-0.05, 0) is 37.0 Å². The van der Waals surface area contributed by atoms with E-state index in [1.807, 2.05) is 29.2 Å². The van der Waals surface area contributed by atoms with E-state index in [0.717, 1.165) is 28.0 Å². The third-order valence-corrected chi connectivity index (χ3v) is 6.68. The lowest BCUT2D eigenvalue weighted by atomic mass is 9.93. The smallest absolute Gasteiger partial charge is 0.231 e. The summed E-state index contributed by atoms with van der Waals surface area (Å²) in [6.45, 7) is 2.73. The van der Waals surface area contributed by atoms with E-state index in [-0.39, 0.29) is 31.7 Å². The number of carbonyl (C=O) groups excluding carboxylic acids is 2. The first-order chi connectivity index (χ1) is 15.5. The highest BCUT2D eigenvalue weighted by atomic mass is 16.1. The number of primary amides is 2. The lowest BCUT2D eigenvalue weighted by Gasteiger charge is -2.37. The number of nitriles is 1. The molecular weight excluding hydrogens is 418 g/mol. The van der Waals surface area contributed by atoms with Crippen molar-refractivity contribution in [3.63, 3.8) is 0 Å². The highest BCUT2D eigenvalue weighted by Gasteiger charge is 2.32. The molecular formula is C24H29N7O2. The summed E-state index contributed by atoms with van der Waals surface area (Å²) in [5.74, 6) is 0.242. The fraction of sp³-hybridized carbons (Fsp3) is 0.417. The van der Waals surface area contributed by atoms with Crippen molar-refractivity contribution in [2.45, 2.75) is 33.2 Å². The summed E-state index contributed by atoms with van der Waals surface area (Å²) >= 11 is 0. The third-order valence-electron chi connectivity index (χ3n) is 6.68. The minimum Gasteiger partial charge on any atom is -0.369 e. The number of para-hydroxylation sites is 2. The van der Waals surface area contributed by atoms with Crippen LogP contribution in [0.3, 0.4) is 0 Å². The van der Waals surface area contributed by atoms with Crippen molar-refractivity contribution in [1.82, 2.24) is 14.3 Å². The molecule has 4 N–H and O–H groups in total. The maximum Gasteiger partial charge on any atom is 0.231 e. The van der Waals surface area contributed by atoms with Gasteiger partial charge in [0, 0.05) is 37.7 Å². The Bertz CT molecular complexity index is 1280. The largest absolute Gasteiger partial charge is 0.369 e. The number of nitrogens with zero attached hydrogens (tertiary/aromatic N) is 5. The Balaban J connectivity index is 0.00000259. The van der Waals surface area contributed by atoms with Crippen molar-refractivity contribution in [2.24, 2.45) is 17.4 Å². The normalized spacial score (nSPS) is 16.9. The number of rotatable bonds is 4. The molecule has 2 aromatic heterocycles. The van der Waals surface area contributed by atoms with Crippen molar-refractivity contribution in [3.8, 4) is 6.07 Å². The number of anilines is 1. The van der Waals surface area contributed by atoms with Crippen LogP contribution in [0.25, 0.3) is 16.7 Å². The van der Waals surface area contributed by atoms with Crippen LogP contribution < -0.4 is 16.4 Å². The Morgan fingerprint density at radius 1 is 1.12 bits per heavy atom. The molecule has 5 rings (SSSR count). The summed E-state index contributed by atoms with van der Waals surface area (Å²) in [6, 6.07) is 10.3. The molecule has 1 saturated heterocycles. The molecule has 2 amide bonds. The number of amides is 2. The number of aromatic nitrogens is 2. The maximum absolute atomic E-state index is 11.7. The van der Waals surface area contributed by atoms with Crippen LogP contribution in [0.4, 0.5) is 5.82 Å². The molecule has 1 fully saturated rings. The second kappa shape index (κ2) is 8.71. The van der Waals surface area contributed by atoms with Crippen LogP contribution in [-0.4, -0.2) is 52.3 Å². The Labute approximate surface area is 192 Å². The van der Waals surface area contributed by atoms with Gasteiger partial charge in [0.25, 0.3) is 0 Å². The first-order valence-electron chi connectivity index (χ1n) is 10.9. The van der Waals surface area contributed by atoms with Gasteiger partial charge in [0.1, 0.15) is 11.9 Å². The van der Waals surface area contributed by atoms with Crippen LogP contribution in [0.1, 0.15) is 37.0 Å². The van der Waals surface area contributed by atoms with Crippen molar-refractivity contribution < 1.29 is 9.59 Å². The second-order valence-corrected chi connectivity index (χ2v) is 8.62. The standard InChI is InChI=1S/C23H25N7O2.CH4/c24-11-16-15-7-8-28(13-20(25)31)12-17(15)23(29-9-5-14(6-10-29)21(26)32)30-19-4-2-1-3-18(19)27-22(16)30;/h1-4,14H,5-10,12-13H2,(H2,25,31)(H2,26,32);1H4. The van der Waals surface area contributed by atoms with Crippen LogP contribution in [0.5, 0.6) is 0 Å². The van der Waals surface area contributed by atoms with Gasteiger partial charge in [0.2, 0.25) is 11.8 Å². The summed E-state index contributed by atoms with van der Waals surface area (Å²) in [7, 11) is 0. The number of carbonyl (C=O) groups is 2. The summed E-state index contributed by atoms with van der Waals surface area (Å²) in [6.07, 6.45) is 2.02. The molecule has 0 bridgehead atoms. The van der Waals surface area contributed by atoms with Crippen LogP contribution in [0.2, 0.25) is 0 Å². The predicted octanol–water partition coefficient (Wildman–Crippen LogP) is 1.54. The molecule has 2 aliphatic heterocycles. The maximum atomic E-state index is 11.7. The molecule has 0 atom stereocenters. The fourth-order valence-corrected chi connectivity index (χ4v) is 5.16. The van der Waals surface area contributed by atoms with Crippen LogP contribution >= 0.6 is 0 Å². The van der Waals surface area contributed by atoms with Gasteiger partial charge in [-0.1, -0.05) is 19.6 Å². The average Bonchev–Trinajstić information content (AvgIpc) is 3.16. The zero-order valence-electron chi connectivity index (χ0n) is 17.8. The van der Waals surface area contributed by atoms with Gasteiger partial charge in [-0.15, -0.1) is 0 Å². The molecule has 33 heavy (non-hydrogen) atoms. The lowest BCUT2D eigenvalue weighted by molar-refractivity contribution is -0.122. The van der Waals surface area contributed by atoms with Crippen LogP contribution in [0.15, 0.2) is 24.3 Å². The van der Waals surface area contributed by atoms with Crippen molar-refractivity contribution in [2.75, 3.05) is 31.1 Å². The predicted molar refractivity (Wildman–Crippen MR) is 126 cm³/mol. The summed E-state index contributed by atoms with van der Waals surface area (Å²) in [5.41, 5.74) is 16.0. The van der Waals surface area contributed by atoms with E-state index in [4.69, 9.17) is 16.5 Å². The quantitative estimate of drug-likeness (QED) is 0.623. The van der Waals surface area contributed by atoms with Gasteiger partial charge in [0.15, 0.2) is 5.65 Å². The van der Waals surface area contributed by atoms with Gasteiger partial charge in [-0.2, -0.15) is 5.26 Å². The number of fused-ring (bicyclic) bond motifs is 4. The van der Waals surface area contributed by atoms with E-state index in [2.05, 4.69) is 15.4 Å². The molecule has 3 aromatic rings. The number of hydrogen-bond acceptors (Lipinski definition) is 6. The Kier molecular flexibility index (Phi) is 5.95. The lowest BCUT2D eigenvalue weighted by Crippen LogP contribution is -2.42. The van der Waals surface area contributed by atoms with E-state index < -0.39 is 0 Å². The van der Waals surface area contributed by atoms with E-state index in [1.165, 1.54) is 0 Å². The van der Waals surface area contributed by atoms with Gasteiger partial charge in [-0.3, -0.25) is 18.9 Å². The van der Waals surface area contributed by atoms with E-state index in [9.17, 15) is 14.9 Å². The molecule has 4 heterocycles. The zero-order valence-corrected chi connectivity index (χ0v) is 17.8. The molecule has 0 unspecified atom stereocenters. The summed E-state index contributed by atoms with van der Waals surface area (Å²) < 4.78 is 2.07. The number of imidazole rings is 1. The van der Waals surface area contributed by atoms with Crippen LogP contribution in [-0.2, 0) is 22.6 Å². The summed E-state index contributed by atoms with van der Waals surface area (Å²) in [5, 5.41) is 10.1. The van der Waals surface area contributed by atoms with Gasteiger partial charge in [-0.25, -0.2) is 4.98 Å². The van der Waals surface area contributed by atoms with Gasteiger partial charge >= 0.3 is 0 Å². The molecule has 172 valence electrons. The minimum absolute atomic E-state index is 0. The third kappa shape index (κ3) is 3.76. The van der Waals surface area contributed by atoms with E-state index >= 15 is 0 Å². The summed E-state index contributed by atoms with van der Waals surface area (Å²) in [4.78, 5) is 32.4. The first kappa shape index (κ1) is 22.6. The van der Waals surface area contributed by atoms with Gasteiger partial charge < -0.3 is 16.4 Å². The molecule has 0 spiro atoms. The molecule has 1 aromatic carbocycles. The minimum atomic E-state index is -0.369. The topological polar surface area (TPSA) is 134 Å². The monoisotopic (exact) mass is 447 g/mol. The SMILES string of the molecule is C.N#Cc1c2c(c(N3CCC(C(N)=O)CC3)n3c1nc1ccccc13)CN(CC(N)=O)CC2. The fourth-order valence-electron chi connectivity index (χ4n) is 5.16. The van der Waals surface area contributed by atoms with E-state index in [0.29, 0.717) is 56.7 Å². The van der Waals surface area contributed by atoms with Crippen molar-refractivity contribution in [3.05, 3.63) is 41.0 Å². The number of hydrogen-bond donors (Lipinski definition) is 2. The molecule has 9 nitrogen and oxygen atoms in total. The number of pyridine rings is 1. The van der Waals surface area contributed by atoms with Crippen molar-refractivity contribution >= 4 is 34.3 Å². The highest BCUT2D eigenvalue weighted by Crippen LogP contribution is 2.37. The number of benzene rings is 1. The van der Waals surface area contributed by atoms with Crippen LogP contribution in [0, 0.1) is 17.2 Å². The molecule has 9 heteroatoms. The number of piperidine rings is 1.